The molecular formula is C17H22N2O4. The number of imide groups is 1. The molecule has 3 rings (SSSR count). The van der Waals surface area contributed by atoms with Crippen molar-refractivity contribution in [1.82, 2.24) is 10.2 Å². The van der Waals surface area contributed by atoms with Crippen LogP contribution in [0.3, 0.4) is 0 Å². The van der Waals surface area contributed by atoms with Crippen LogP contribution in [0.1, 0.15) is 31.2 Å². The van der Waals surface area contributed by atoms with E-state index in [9.17, 15) is 14.7 Å². The summed E-state index contributed by atoms with van der Waals surface area (Å²) in [6.45, 7) is 0.447. The number of hydrogen-bond donors (Lipinski definition) is 2. The zero-order chi connectivity index (χ0) is 16.3. The number of hydrogen-bond acceptors (Lipinski definition) is 4. The minimum Gasteiger partial charge on any atom is -0.389 e. The van der Waals surface area contributed by atoms with Crippen molar-refractivity contribution in [2.45, 2.75) is 43.9 Å². The summed E-state index contributed by atoms with van der Waals surface area (Å²) in [5.41, 5.74) is 0.293. The first kappa shape index (κ1) is 16.0. The molecule has 1 aromatic carbocycles. The summed E-state index contributed by atoms with van der Waals surface area (Å²) < 4.78 is 5.46. The first-order valence-electron chi connectivity index (χ1n) is 8.05. The number of aliphatic hydroxyl groups is 1. The molecule has 0 aromatic heterocycles. The highest BCUT2D eigenvalue weighted by Gasteiger charge is 2.52. The summed E-state index contributed by atoms with van der Waals surface area (Å²) in [4.78, 5) is 25.6. The molecule has 2 N–H and O–H groups in total. The predicted octanol–water partition coefficient (Wildman–Crippen LogP) is 1.43. The third-order valence-electron chi connectivity index (χ3n) is 4.52. The van der Waals surface area contributed by atoms with E-state index in [0.717, 1.165) is 23.3 Å². The van der Waals surface area contributed by atoms with Gasteiger partial charge in [0.05, 0.1) is 25.9 Å². The molecule has 6 heteroatoms. The molecular weight excluding hydrogens is 296 g/mol. The lowest BCUT2D eigenvalue weighted by Crippen LogP contribution is -2.45. The van der Waals surface area contributed by atoms with Crippen molar-refractivity contribution in [1.29, 1.82) is 0 Å². The zero-order valence-corrected chi connectivity index (χ0v) is 13.0. The molecule has 2 aliphatic rings. The third kappa shape index (κ3) is 3.38. The molecule has 3 amide bonds. The Kier molecular flexibility index (Phi) is 4.63. The van der Waals surface area contributed by atoms with Crippen LogP contribution in [0.2, 0.25) is 0 Å². The number of carbonyl (C=O) groups is 2. The van der Waals surface area contributed by atoms with E-state index in [1.807, 2.05) is 30.3 Å². The lowest BCUT2D eigenvalue weighted by molar-refractivity contribution is -0.132. The van der Waals surface area contributed by atoms with Gasteiger partial charge in [-0.3, -0.25) is 9.69 Å². The molecule has 23 heavy (non-hydrogen) atoms. The van der Waals surface area contributed by atoms with Gasteiger partial charge in [0.25, 0.3) is 5.91 Å². The Labute approximate surface area is 135 Å². The quantitative estimate of drug-likeness (QED) is 0.778. The van der Waals surface area contributed by atoms with Gasteiger partial charge in [0.2, 0.25) is 0 Å². The Bertz CT molecular complexity index is 569. The van der Waals surface area contributed by atoms with Gasteiger partial charge in [0, 0.05) is 0 Å². The molecule has 1 heterocycles. The maximum atomic E-state index is 12.5. The van der Waals surface area contributed by atoms with Gasteiger partial charge < -0.3 is 15.2 Å². The van der Waals surface area contributed by atoms with Crippen molar-refractivity contribution in [3.05, 3.63) is 35.9 Å². The molecule has 2 fully saturated rings. The van der Waals surface area contributed by atoms with Gasteiger partial charge in [-0.25, -0.2) is 4.79 Å². The Morgan fingerprint density at radius 1 is 1.22 bits per heavy atom. The normalized spacial score (nSPS) is 21.0. The van der Waals surface area contributed by atoms with Crippen molar-refractivity contribution < 1.29 is 19.4 Å². The number of rotatable bonds is 6. The standard InChI is InChI=1S/C17H22N2O4/c20-14(12-23-11-13-6-2-1-3-7-13)10-19-15(21)17(18-16(19)22)8-4-5-9-17/h1-3,6-7,14,20H,4-5,8-12H2,(H,18,22)/t14-/m1/s1. The fraction of sp³-hybridized carbons (Fsp3) is 0.529. The molecule has 1 saturated carbocycles. The van der Waals surface area contributed by atoms with Gasteiger partial charge in [-0.05, 0) is 18.4 Å². The van der Waals surface area contributed by atoms with E-state index in [0.29, 0.717) is 19.4 Å². The van der Waals surface area contributed by atoms with Crippen molar-refractivity contribution in [3.8, 4) is 0 Å². The number of amides is 3. The summed E-state index contributed by atoms with van der Waals surface area (Å²) in [5, 5.41) is 12.9. The second kappa shape index (κ2) is 6.68. The highest BCUT2D eigenvalue weighted by Crippen LogP contribution is 2.35. The van der Waals surface area contributed by atoms with Gasteiger partial charge in [-0.1, -0.05) is 43.2 Å². The molecule has 1 aliphatic carbocycles. The van der Waals surface area contributed by atoms with Crippen molar-refractivity contribution in [2.75, 3.05) is 13.2 Å². The van der Waals surface area contributed by atoms with E-state index in [-0.39, 0.29) is 19.1 Å². The average molecular weight is 318 g/mol. The number of nitrogens with zero attached hydrogens (tertiary/aromatic N) is 1. The topological polar surface area (TPSA) is 78.9 Å². The summed E-state index contributed by atoms with van der Waals surface area (Å²) >= 11 is 0. The van der Waals surface area contributed by atoms with Crippen LogP contribution >= 0.6 is 0 Å². The first-order valence-corrected chi connectivity index (χ1v) is 8.05. The Hall–Kier alpha value is -1.92. The van der Waals surface area contributed by atoms with Crippen LogP contribution in [0, 0.1) is 0 Å². The Balaban J connectivity index is 1.49. The van der Waals surface area contributed by atoms with Crippen molar-refractivity contribution in [2.24, 2.45) is 0 Å². The van der Waals surface area contributed by atoms with Gasteiger partial charge >= 0.3 is 6.03 Å². The number of β-amino-alcohol motifs (C(OH)–C–C–N with tert-alkyl or cyclic N) is 1. The SMILES string of the molecule is O=C1NC2(CCCC2)C(=O)N1C[C@@H](O)COCc1ccccc1. The fourth-order valence-corrected chi connectivity index (χ4v) is 3.31. The van der Waals surface area contributed by atoms with Crippen LogP contribution in [-0.4, -0.2) is 46.7 Å². The van der Waals surface area contributed by atoms with Gasteiger partial charge in [-0.15, -0.1) is 0 Å². The Morgan fingerprint density at radius 2 is 1.91 bits per heavy atom. The monoisotopic (exact) mass is 318 g/mol. The lowest BCUT2D eigenvalue weighted by atomic mass is 9.98. The van der Waals surface area contributed by atoms with Crippen molar-refractivity contribution in [3.63, 3.8) is 0 Å². The molecule has 1 aromatic rings. The van der Waals surface area contributed by atoms with E-state index >= 15 is 0 Å². The first-order chi connectivity index (χ1) is 11.1. The summed E-state index contributed by atoms with van der Waals surface area (Å²) in [7, 11) is 0. The molecule has 1 atom stereocenters. The number of aliphatic hydroxyl groups excluding tert-OH is 1. The number of nitrogens with one attached hydrogen (secondary N) is 1. The molecule has 6 nitrogen and oxygen atoms in total. The van der Waals surface area contributed by atoms with Crippen LogP contribution < -0.4 is 5.32 Å². The van der Waals surface area contributed by atoms with Crippen LogP contribution in [0.5, 0.6) is 0 Å². The van der Waals surface area contributed by atoms with Crippen LogP contribution in [0.25, 0.3) is 0 Å². The molecule has 1 aliphatic heterocycles. The summed E-state index contributed by atoms with van der Waals surface area (Å²) in [6.07, 6.45) is 2.39. The minimum absolute atomic E-state index is 0.0266. The fourth-order valence-electron chi connectivity index (χ4n) is 3.31. The van der Waals surface area contributed by atoms with Gasteiger partial charge in [0.15, 0.2) is 0 Å². The third-order valence-corrected chi connectivity index (χ3v) is 4.52. The average Bonchev–Trinajstić information content (AvgIpc) is 3.10. The molecule has 1 saturated heterocycles. The van der Waals surface area contributed by atoms with E-state index in [4.69, 9.17) is 4.74 Å². The van der Waals surface area contributed by atoms with Crippen LogP contribution in [0.4, 0.5) is 4.79 Å². The van der Waals surface area contributed by atoms with E-state index < -0.39 is 17.7 Å². The van der Waals surface area contributed by atoms with Crippen molar-refractivity contribution >= 4 is 11.9 Å². The number of benzene rings is 1. The zero-order valence-electron chi connectivity index (χ0n) is 13.0. The summed E-state index contributed by atoms with van der Waals surface area (Å²) in [5.74, 6) is -0.206. The Morgan fingerprint density at radius 3 is 2.61 bits per heavy atom. The maximum Gasteiger partial charge on any atom is 0.325 e. The molecule has 1 spiro atoms. The van der Waals surface area contributed by atoms with Crippen LogP contribution in [-0.2, 0) is 16.1 Å². The highest BCUT2D eigenvalue weighted by molar-refractivity contribution is 6.07. The molecule has 0 unspecified atom stereocenters. The van der Waals surface area contributed by atoms with E-state index in [2.05, 4.69) is 5.32 Å². The second-order valence-electron chi connectivity index (χ2n) is 6.29. The molecule has 0 radical (unpaired) electrons. The number of urea groups is 1. The predicted molar refractivity (Wildman–Crippen MR) is 83.5 cm³/mol. The van der Waals surface area contributed by atoms with Gasteiger partial charge in [0.1, 0.15) is 5.54 Å². The largest absolute Gasteiger partial charge is 0.389 e. The lowest BCUT2D eigenvalue weighted by Gasteiger charge is -2.21. The van der Waals surface area contributed by atoms with Crippen LogP contribution in [0.15, 0.2) is 30.3 Å². The number of ether oxygens (including phenoxy) is 1. The van der Waals surface area contributed by atoms with E-state index in [1.54, 1.807) is 0 Å². The molecule has 124 valence electrons. The minimum atomic E-state index is -0.884. The second-order valence-corrected chi connectivity index (χ2v) is 6.29. The smallest absolute Gasteiger partial charge is 0.325 e. The maximum absolute atomic E-state index is 12.5. The molecule has 0 bridgehead atoms. The summed E-state index contributed by atoms with van der Waals surface area (Å²) in [6, 6.07) is 9.24. The highest BCUT2D eigenvalue weighted by atomic mass is 16.5. The number of carbonyl (C=O) groups excluding carboxylic acids is 2. The van der Waals surface area contributed by atoms with E-state index in [1.165, 1.54) is 0 Å². The van der Waals surface area contributed by atoms with Gasteiger partial charge in [-0.2, -0.15) is 0 Å².